The van der Waals surface area contributed by atoms with Crippen LogP contribution in [0.25, 0.3) is 198 Å². The minimum absolute atomic E-state index is 0.146. The van der Waals surface area contributed by atoms with Gasteiger partial charge in [0.15, 0.2) is 0 Å². The molecular formula is C93H57BN4O4. The molecule has 0 spiro atoms. The van der Waals surface area contributed by atoms with Crippen molar-refractivity contribution < 1.29 is 17.7 Å². The molecule has 102 heavy (non-hydrogen) atoms. The van der Waals surface area contributed by atoms with Gasteiger partial charge in [-0.3, -0.25) is 0 Å². The Morgan fingerprint density at radius 1 is 0.225 bits per heavy atom. The number of benzene rings is 15. The molecule has 0 unspecified atom stereocenters. The molecule has 8 aromatic heterocycles. The summed E-state index contributed by atoms with van der Waals surface area (Å²) >= 11 is 0. The van der Waals surface area contributed by atoms with Gasteiger partial charge in [-0.25, -0.2) is 0 Å². The average molecular weight is 1310 g/mol. The third-order valence-electron chi connectivity index (χ3n) is 22.3. The molecule has 0 fully saturated rings. The van der Waals surface area contributed by atoms with Gasteiger partial charge < -0.3 is 35.9 Å². The molecule has 0 aliphatic heterocycles. The molecule has 15 aromatic carbocycles. The number of rotatable bonds is 7. The van der Waals surface area contributed by atoms with Crippen molar-refractivity contribution in [3.05, 3.63) is 308 Å². The maximum Gasteiger partial charge on any atom is 0.241 e. The summed E-state index contributed by atoms with van der Waals surface area (Å²) in [5, 5.41) is 18.2. The Bertz CT molecular complexity index is 7200. The van der Waals surface area contributed by atoms with Gasteiger partial charge in [0.2, 0.25) is 6.71 Å². The topological polar surface area (TPSA) is 72.3 Å². The molecule has 476 valence electrons. The first-order chi connectivity index (χ1) is 50.3. The van der Waals surface area contributed by atoms with Crippen molar-refractivity contribution in [1.82, 2.24) is 18.3 Å². The lowest BCUT2D eigenvalue weighted by Crippen LogP contribution is -2.54. The molecule has 0 aliphatic rings. The normalized spacial score (nSPS) is 12.5. The number of aryl methyl sites for hydroxylation is 3. The maximum atomic E-state index is 6.88. The summed E-state index contributed by atoms with van der Waals surface area (Å²) in [6.07, 6.45) is 0. The van der Waals surface area contributed by atoms with E-state index in [1.54, 1.807) is 0 Å². The highest BCUT2D eigenvalue weighted by molar-refractivity contribution is 6.96. The van der Waals surface area contributed by atoms with Crippen LogP contribution in [0.1, 0.15) is 16.7 Å². The number of fused-ring (bicyclic) bond motifs is 26. The first-order valence-corrected chi connectivity index (χ1v) is 35.1. The summed E-state index contributed by atoms with van der Waals surface area (Å²) in [5.74, 6) is 0. The van der Waals surface area contributed by atoms with E-state index in [2.05, 4.69) is 306 Å². The molecule has 0 atom stereocenters. The Morgan fingerprint density at radius 3 is 0.931 bits per heavy atom. The Labute approximate surface area is 581 Å². The van der Waals surface area contributed by atoms with Crippen molar-refractivity contribution in [3.8, 4) is 22.7 Å². The minimum Gasteiger partial charge on any atom is -0.456 e. The minimum atomic E-state index is -0.146. The first-order valence-electron chi connectivity index (χ1n) is 35.1. The zero-order valence-electron chi connectivity index (χ0n) is 55.7. The van der Waals surface area contributed by atoms with Crippen LogP contribution in [0.3, 0.4) is 0 Å². The van der Waals surface area contributed by atoms with E-state index in [0.29, 0.717) is 0 Å². The van der Waals surface area contributed by atoms with Gasteiger partial charge in [0.05, 0.1) is 44.1 Å². The summed E-state index contributed by atoms with van der Waals surface area (Å²) in [6.45, 7) is 6.61. The SMILES string of the molecule is Cc1cc(C)c(B(c2ccc3oc4ccc(-n5c6ccccc6c6ccc7c(c8ccccc8n7-c7ccc8oc9ccccc9c8c7)c65)cc4c3c2)c2ccc3oc4ccc(-n5c6ccccc6c6ccc7c(c8ccccc8n7-c7ccc8oc9ccccc9c8c7)c65)cc4c3c2)c(C)c1. The number of furan rings is 4. The predicted molar refractivity (Wildman–Crippen MR) is 425 cm³/mol. The zero-order valence-corrected chi connectivity index (χ0v) is 55.7. The summed E-state index contributed by atoms with van der Waals surface area (Å²) in [6, 6.07) is 106. The second-order valence-corrected chi connectivity index (χ2v) is 28.0. The van der Waals surface area contributed by atoms with Crippen molar-refractivity contribution in [3.63, 3.8) is 0 Å². The second-order valence-electron chi connectivity index (χ2n) is 28.0. The fourth-order valence-electron chi connectivity index (χ4n) is 18.2. The van der Waals surface area contributed by atoms with Crippen molar-refractivity contribution in [1.29, 1.82) is 0 Å². The van der Waals surface area contributed by atoms with E-state index in [4.69, 9.17) is 17.7 Å². The third-order valence-corrected chi connectivity index (χ3v) is 22.3. The number of nitrogens with zero attached hydrogens (tertiary/aromatic N) is 4. The van der Waals surface area contributed by atoms with Crippen LogP contribution in [0.15, 0.2) is 309 Å². The molecule has 0 saturated heterocycles. The molecule has 23 rings (SSSR count). The standard InChI is InChI=1S/C93H57BN4O4/c1-52-44-53(2)91(54(3)45-52)94(55-28-38-83-69(46-55)73-50-59(32-42-87(73)101-83)97-75-22-10-4-16-61(75)65-34-36-79-89(92(65)97)67-20-6-12-24-77(67)95(79)57-30-40-85-71(48-57)63-18-8-14-26-81(63)99-85)56-29-39-84-70(47-56)74-51-60(33-43-88(74)102-84)98-76-23-11-5-17-62(76)66-35-37-80-90(93(66)98)68-21-7-13-25-78(68)96(80)58-31-41-86-72(49-58)64-19-9-15-27-82(64)100-86/h4-51H,1-3H3. The van der Waals surface area contributed by atoms with Crippen LogP contribution in [0.2, 0.25) is 0 Å². The largest absolute Gasteiger partial charge is 0.456 e. The smallest absolute Gasteiger partial charge is 0.241 e. The Balaban J connectivity index is 0.697. The number of hydrogen-bond donors (Lipinski definition) is 0. The van der Waals surface area contributed by atoms with Crippen LogP contribution in [-0.2, 0) is 0 Å². The highest BCUT2D eigenvalue weighted by Gasteiger charge is 2.30. The van der Waals surface area contributed by atoms with E-state index in [1.807, 2.05) is 24.3 Å². The first kappa shape index (κ1) is 55.7. The lowest BCUT2D eigenvalue weighted by Gasteiger charge is -2.21. The van der Waals surface area contributed by atoms with E-state index in [-0.39, 0.29) is 6.71 Å². The Morgan fingerprint density at radius 2 is 0.529 bits per heavy atom. The highest BCUT2D eigenvalue weighted by atomic mass is 16.3. The average Bonchev–Trinajstić information content (AvgIpc) is 1.51. The molecule has 0 bridgehead atoms. The molecule has 8 nitrogen and oxygen atoms in total. The van der Waals surface area contributed by atoms with Gasteiger partial charge in [-0.05, 0) is 154 Å². The molecule has 0 N–H and O–H groups in total. The van der Waals surface area contributed by atoms with Crippen LogP contribution in [0.5, 0.6) is 0 Å². The molecule has 0 saturated carbocycles. The van der Waals surface area contributed by atoms with E-state index in [1.165, 1.54) is 76.2 Å². The molecule has 0 amide bonds. The van der Waals surface area contributed by atoms with E-state index >= 15 is 0 Å². The third kappa shape index (κ3) is 7.65. The van der Waals surface area contributed by atoms with Gasteiger partial charge in [-0.15, -0.1) is 0 Å². The van der Waals surface area contributed by atoms with Crippen LogP contribution < -0.4 is 16.4 Å². The van der Waals surface area contributed by atoms with Gasteiger partial charge in [-0.2, -0.15) is 0 Å². The second kappa shape index (κ2) is 20.4. The summed E-state index contributed by atoms with van der Waals surface area (Å²) in [4.78, 5) is 0. The van der Waals surface area contributed by atoms with E-state index in [0.717, 1.165) is 155 Å². The summed E-state index contributed by atoms with van der Waals surface area (Å²) < 4.78 is 36.3. The lowest BCUT2D eigenvalue weighted by molar-refractivity contribution is 0.668. The van der Waals surface area contributed by atoms with Crippen molar-refractivity contribution in [2.45, 2.75) is 20.8 Å². The van der Waals surface area contributed by atoms with E-state index in [9.17, 15) is 0 Å². The van der Waals surface area contributed by atoms with Gasteiger partial charge in [0.25, 0.3) is 0 Å². The Hall–Kier alpha value is -13.2. The molecule has 8 heterocycles. The highest BCUT2D eigenvalue weighted by Crippen LogP contribution is 2.47. The predicted octanol–water partition coefficient (Wildman–Crippen LogP) is 23.1. The molecule has 23 aromatic rings. The van der Waals surface area contributed by atoms with Crippen molar-refractivity contribution in [2.75, 3.05) is 0 Å². The monoisotopic (exact) mass is 1300 g/mol. The van der Waals surface area contributed by atoms with Crippen LogP contribution in [0, 0.1) is 20.8 Å². The summed E-state index contributed by atoms with van der Waals surface area (Å²) in [5.41, 5.74) is 27.7. The van der Waals surface area contributed by atoms with Gasteiger partial charge >= 0.3 is 0 Å². The van der Waals surface area contributed by atoms with Gasteiger partial charge in [-0.1, -0.05) is 191 Å². The van der Waals surface area contributed by atoms with Crippen LogP contribution in [0.4, 0.5) is 0 Å². The molecule has 0 radical (unpaired) electrons. The fourth-order valence-corrected chi connectivity index (χ4v) is 18.2. The zero-order chi connectivity index (χ0) is 66.9. The quantitative estimate of drug-likeness (QED) is 0.149. The Kier molecular flexibility index (Phi) is 11.2. The number of hydrogen-bond acceptors (Lipinski definition) is 4. The molecule has 0 aliphatic carbocycles. The lowest BCUT2D eigenvalue weighted by atomic mass is 9.35. The van der Waals surface area contributed by atoms with Crippen LogP contribution in [-0.4, -0.2) is 25.0 Å². The van der Waals surface area contributed by atoms with Crippen LogP contribution >= 0.6 is 0 Å². The fraction of sp³-hybridized carbons (Fsp3) is 0.0323. The number of aromatic nitrogens is 4. The molecular weight excluding hydrogens is 1250 g/mol. The molecule has 9 heteroatoms. The number of para-hydroxylation sites is 6. The van der Waals surface area contributed by atoms with E-state index < -0.39 is 0 Å². The van der Waals surface area contributed by atoms with Crippen molar-refractivity contribution in [2.24, 2.45) is 0 Å². The van der Waals surface area contributed by atoms with Gasteiger partial charge in [0.1, 0.15) is 44.7 Å². The van der Waals surface area contributed by atoms with Gasteiger partial charge in [0, 0.05) is 109 Å². The van der Waals surface area contributed by atoms with Crippen molar-refractivity contribution >= 4 is 198 Å². The maximum absolute atomic E-state index is 6.88. The summed E-state index contributed by atoms with van der Waals surface area (Å²) in [7, 11) is 0.